The van der Waals surface area contributed by atoms with Crippen LogP contribution in [0.3, 0.4) is 0 Å². The van der Waals surface area contributed by atoms with Crippen molar-refractivity contribution >= 4 is 5.82 Å². The summed E-state index contributed by atoms with van der Waals surface area (Å²) in [7, 11) is 0. The van der Waals surface area contributed by atoms with Crippen molar-refractivity contribution in [1.82, 2.24) is 19.7 Å². The lowest BCUT2D eigenvalue weighted by Crippen LogP contribution is -2.37. The van der Waals surface area contributed by atoms with Gasteiger partial charge in [0.05, 0.1) is 18.3 Å². The molecule has 0 spiro atoms. The number of aryl methyl sites for hydroxylation is 1. The minimum absolute atomic E-state index is 0.115. The molecule has 118 valence electrons. The van der Waals surface area contributed by atoms with Gasteiger partial charge in [-0.3, -0.25) is 4.68 Å². The highest BCUT2D eigenvalue weighted by Gasteiger charge is 2.23. The topological polar surface area (TPSA) is 56.1 Å². The molecule has 0 aromatic carbocycles. The number of hydrogen-bond donors (Lipinski definition) is 0. The van der Waals surface area contributed by atoms with Crippen LogP contribution in [0, 0.1) is 6.92 Å². The third kappa shape index (κ3) is 3.37. The second kappa shape index (κ2) is 6.34. The first kappa shape index (κ1) is 14.8. The average molecular weight is 301 g/mol. The number of hydrogen-bond acceptors (Lipinski definition) is 5. The summed E-state index contributed by atoms with van der Waals surface area (Å²) in [6.45, 7) is 8.00. The van der Waals surface area contributed by atoms with Gasteiger partial charge in [-0.05, 0) is 39.2 Å². The molecule has 3 heterocycles. The molecular weight excluding hydrogens is 278 g/mol. The Balaban J connectivity index is 1.74. The maximum absolute atomic E-state index is 5.67. The fourth-order valence-corrected chi connectivity index (χ4v) is 2.82. The van der Waals surface area contributed by atoms with Gasteiger partial charge < -0.3 is 9.64 Å². The second-order valence-electron chi connectivity index (χ2n) is 6.12. The number of ether oxygens (including phenoxy) is 1. The van der Waals surface area contributed by atoms with Crippen LogP contribution in [0.25, 0.3) is 0 Å². The Labute approximate surface area is 131 Å². The van der Waals surface area contributed by atoms with Crippen LogP contribution < -0.4 is 9.64 Å². The van der Waals surface area contributed by atoms with E-state index < -0.39 is 0 Å². The van der Waals surface area contributed by atoms with Crippen molar-refractivity contribution in [2.45, 2.75) is 45.8 Å². The summed E-state index contributed by atoms with van der Waals surface area (Å²) in [6.07, 6.45) is 8.00. The predicted octanol–water partition coefficient (Wildman–Crippen LogP) is 2.61. The van der Waals surface area contributed by atoms with Crippen LogP contribution >= 0.6 is 0 Å². The highest BCUT2D eigenvalue weighted by atomic mass is 16.5. The molecule has 1 saturated heterocycles. The minimum atomic E-state index is 0.115. The summed E-state index contributed by atoms with van der Waals surface area (Å²) in [5.41, 5.74) is 1.20. The van der Waals surface area contributed by atoms with Gasteiger partial charge in [0.1, 0.15) is 12.1 Å². The van der Waals surface area contributed by atoms with E-state index in [0.717, 1.165) is 31.7 Å². The normalized spacial score (nSPS) is 18.7. The molecule has 6 heteroatoms. The van der Waals surface area contributed by atoms with E-state index in [-0.39, 0.29) is 6.10 Å². The van der Waals surface area contributed by atoms with Crippen LogP contribution in [0.15, 0.2) is 24.8 Å². The van der Waals surface area contributed by atoms with Crippen molar-refractivity contribution in [3.05, 3.63) is 30.4 Å². The summed E-state index contributed by atoms with van der Waals surface area (Å²) < 4.78 is 7.74. The molecule has 22 heavy (non-hydrogen) atoms. The highest BCUT2D eigenvalue weighted by molar-refractivity contribution is 5.41. The van der Waals surface area contributed by atoms with Crippen molar-refractivity contribution in [2.75, 3.05) is 18.0 Å². The first-order valence-electron chi connectivity index (χ1n) is 7.86. The van der Waals surface area contributed by atoms with Crippen LogP contribution in [0.2, 0.25) is 0 Å². The van der Waals surface area contributed by atoms with Gasteiger partial charge in [-0.25, -0.2) is 9.97 Å². The van der Waals surface area contributed by atoms with Crippen LogP contribution in [0.1, 0.15) is 38.3 Å². The van der Waals surface area contributed by atoms with E-state index in [4.69, 9.17) is 4.74 Å². The Kier molecular flexibility index (Phi) is 4.27. The van der Waals surface area contributed by atoms with E-state index in [0.29, 0.717) is 11.9 Å². The number of piperidine rings is 1. The van der Waals surface area contributed by atoms with Gasteiger partial charge in [0.25, 0.3) is 0 Å². The van der Waals surface area contributed by atoms with Crippen molar-refractivity contribution in [3.63, 3.8) is 0 Å². The molecule has 1 fully saturated rings. The molecule has 1 aliphatic rings. The largest absolute Gasteiger partial charge is 0.475 e. The molecule has 2 aromatic rings. The molecule has 0 aliphatic carbocycles. The fourth-order valence-electron chi connectivity index (χ4n) is 2.82. The van der Waals surface area contributed by atoms with Crippen LogP contribution in [-0.2, 0) is 0 Å². The van der Waals surface area contributed by atoms with Crippen LogP contribution in [0.4, 0.5) is 5.82 Å². The molecule has 2 aromatic heterocycles. The van der Waals surface area contributed by atoms with E-state index in [2.05, 4.69) is 37.8 Å². The Morgan fingerprint density at radius 2 is 2.18 bits per heavy atom. The molecule has 3 rings (SSSR count). The fraction of sp³-hybridized carbons (Fsp3) is 0.562. The van der Waals surface area contributed by atoms with E-state index in [1.54, 1.807) is 6.33 Å². The number of nitrogens with zero attached hydrogens (tertiary/aromatic N) is 5. The second-order valence-corrected chi connectivity index (χ2v) is 6.12. The van der Waals surface area contributed by atoms with E-state index in [1.165, 1.54) is 5.56 Å². The molecular formula is C16H23N5O. The maximum Gasteiger partial charge on any atom is 0.218 e. The Hall–Kier alpha value is -2.11. The molecule has 6 nitrogen and oxygen atoms in total. The van der Waals surface area contributed by atoms with Gasteiger partial charge >= 0.3 is 0 Å². The first-order chi connectivity index (χ1) is 10.6. The SMILES string of the molecule is Cc1cnn(C2CCCN(c3cc(OC(C)C)ncn3)C2)c1. The lowest BCUT2D eigenvalue weighted by molar-refractivity contribution is 0.232. The third-order valence-electron chi connectivity index (χ3n) is 3.81. The monoisotopic (exact) mass is 301 g/mol. The van der Waals surface area contributed by atoms with E-state index in [1.807, 2.05) is 26.1 Å². The van der Waals surface area contributed by atoms with Crippen molar-refractivity contribution < 1.29 is 4.74 Å². The lowest BCUT2D eigenvalue weighted by atomic mass is 10.1. The van der Waals surface area contributed by atoms with Crippen LogP contribution in [0.5, 0.6) is 5.88 Å². The molecule has 1 aliphatic heterocycles. The third-order valence-corrected chi connectivity index (χ3v) is 3.81. The number of anilines is 1. The van der Waals surface area contributed by atoms with Gasteiger partial charge in [0, 0.05) is 25.4 Å². The van der Waals surface area contributed by atoms with Gasteiger partial charge in [0.15, 0.2) is 0 Å². The van der Waals surface area contributed by atoms with Crippen molar-refractivity contribution in [1.29, 1.82) is 0 Å². The quantitative estimate of drug-likeness (QED) is 0.869. The van der Waals surface area contributed by atoms with Gasteiger partial charge in [-0.2, -0.15) is 5.10 Å². The van der Waals surface area contributed by atoms with Crippen LogP contribution in [-0.4, -0.2) is 38.9 Å². The van der Waals surface area contributed by atoms with Gasteiger partial charge in [-0.15, -0.1) is 0 Å². The molecule has 1 unspecified atom stereocenters. The first-order valence-corrected chi connectivity index (χ1v) is 7.86. The van der Waals surface area contributed by atoms with Gasteiger partial charge in [-0.1, -0.05) is 0 Å². The summed E-state index contributed by atoms with van der Waals surface area (Å²) >= 11 is 0. The molecule has 0 saturated carbocycles. The standard InChI is InChI=1S/C16H23N5O/c1-12(2)22-16-7-15(17-11-18-16)20-6-4-5-14(10-20)21-9-13(3)8-19-21/h7-9,11-12,14H,4-6,10H2,1-3H3. The molecule has 1 atom stereocenters. The number of aromatic nitrogens is 4. The van der Waals surface area contributed by atoms with E-state index >= 15 is 0 Å². The average Bonchev–Trinajstić information content (AvgIpc) is 2.94. The summed E-state index contributed by atoms with van der Waals surface area (Å²) in [6, 6.07) is 2.32. The number of rotatable bonds is 4. The molecule has 0 amide bonds. The molecule has 0 bridgehead atoms. The van der Waals surface area contributed by atoms with Gasteiger partial charge in [0.2, 0.25) is 5.88 Å². The Morgan fingerprint density at radius 3 is 2.91 bits per heavy atom. The smallest absolute Gasteiger partial charge is 0.218 e. The summed E-state index contributed by atoms with van der Waals surface area (Å²) in [5.74, 6) is 1.57. The van der Waals surface area contributed by atoms with Crippen molar-refractivity contribution in [2.24, 2.45) is 0 Å². The lowest BCUT2D eigenvalue weighted by Gasteiger charge is -2.33. The zero-order valence-corrected chi connectivity index (χ0v) is 13.4. The molecule has 0 radical (unpaired) electrons. The zero-order chi connectivity index (χ0) is 15.5. The summed E-state index contributed by atoms with van der Waals surface area (Å²) in [4.78, 5) is 10.9. The van der Waals surface area contributed by atoms with E-state index in [9.17, 15) is 0 Å². The minimum Gasteiger partial charge on any atom is -0.475 e. The zero-order valence-electron chi connectivity index (χ0n) is 13.4. The predicted molar refractivity (Wildman–Crippen MR) is 85.2 cm³/mol. The maximum atomic E-state index is 5.67. The molecule has 0 N–H and O–H groups in total. The van der Waals surface area contributed by atoms with Crippen molar-refractivity contribution in [3.8, 4) is 5.88 Å². The Morgan fingerprint density at radius 1 is 1.32 bits per heavy atom. The summed E-state index contributed by atoms with van der Waals surface area (Å²) in [5, 5.41) is 4.46. The Bertz CT molecular complexity index is 625. The highest BCUT2D eigenvalue weighted by Crippen LogP contribution is 2.26.